The summed E-state index contributed by atoms with van der Waals surface area (Å²) < 4.78 is 5.48. The van der Waals surface area contributed by atoms with Crippen molar-refractivity contribution >= 4 is 17.3 Å². The number of nitrogens with zero attached hydrogens (tertiary/aromatic N) is 1. The fourth-order valence-electron chi connectivity index (χ4n) is 1.66. The van der Waals surface area contributed by atoms with Crippen molar-refractivity contribution < 1.29 is 14.8 Å². The number of ether oxygens (including phenoxy) is 1. The number of aliphatic hydroxyl groups is 1. The van der Waals surface area contributed by atoms with Crippen LogP contribution in [-0.4, -0.2) is 10.0 Å². The first kappa shape index (κ1) is 14.3. The van der Waals surface area contributed by atoms with Crippen LogP contribution in [0.5, 0.6) is 11.5 Å². The average molecular weight is 294 g/mol. The second kappa shape index (κ2) is 5.90. The summed E-state index contributed by atoms with van der Waals surface area (Å²) in [5.74, 6) is 0.507. The van der Waals surface area contributed by atoms with Gasteiger partial charge in [0.15, 0.2) is 0 Å². The molecular weight excluding hydrogens is 282 g/mol. The normalized spacial score (nSPS) is 11.9. The van der Waals surface area contributed by atoms with E-state index in [2.05, 4.69) is 0 Å². The zero-order valence-electron chi connectivity index (χ0n) is 10.6. The standard InChI is InChI=1S/C14H12ClNO4/c1-9(17)10-2-5-12(6-3-10)20-14-8-11(15)4-7-13(14)16(18)19/h2-9,17H,1H3/t9-/m1/s1. The molecule has 0 radical (unpaired) electrons. The second-order valence-electron chi connectivity index (χ2n) is 4.22. The quantitative estimate of drug-likeness (QED) is 0.680. The minimum absolute atomic E-state index is 0.0762. The van der Waals surface area contributed by atoms with Gasteiger partial charge in [0, 0.05) is 17.2 Å². The summed E-state index contributed by atoms with van der Waals surface area (Å²) in [7, 11) is 0. The van der Waals surface area contributed by atoms with Gasteiger partial charge in [0.25, 0.3) is 0 Å². The van der Waals surface area contributed by atoms with E-state index in [4.69, 9.17) is 16.3 Å². The average Bonchev–Trinajstić information content (AvgIpc) is 2.39. The number of halogens is 1. The molecule has 0 amide bonds. The fourth-order valence-corrected chi connectivity index (χ4v) is 1.82. The van der Waals surface area contributed by atoms with Crippen molar-refractivity contribution in [2.45, 2.75) is 13.0 Å². The van der Waals surface area contributed by atoms with E-state index in [1.165, 1.54) is 18.2 Å². The van der Waals surface area contributed by atoms with Crippen molar-refractivity contribution in [3.05, 3.63) is 63.2 Å². The molecule has 2 aromatic rings. The molecule has 0 aliphatic rings. The number of aliphatic hydroxyl groups excluding tert-OH is 1. The van der Waals surface area contributed by atoms with Gasteiger partial charge >= 0.3 is 5.69 Å². The molecule has 0 bridgehead atoms. The second-order valence-corrected chi connectivity index (χ2v) is 4.65. The molecule has 2 rings (SSSR count). The summed E-state index contributed by atoms with van der Waals surface area (Å²) in [6, 6.07) is 10.8. The van der Waals surface area contributed by atoms with Crippen molar-refractivity contribution in [2.75, 3.05) is 0 Å². The van der Waals surface area contributed by atoms with Crippen LogP contribution in [0.15, 0.2) is 42.5 Å². The monoisotopic (exact) mass is 293 g/mol. The number of rotatable bonds is 4. The molecular formula is C14H12ClNO4. The Labute approximate surface area is 120 Å². The van der Waals surface area contributed by atoms with Gasteiger partial charge in [-0.25, -0.2) is 0 Å². The van der Waals surface area contributed by atoms with E-state index >= 15 is 0 Å². The highest BCUT2D eigenvalue weighted by Gasteiger charge is 2.16. The van der Waals surface area contributed by atoms with Gasteiger partial charge in [-0.2, -0.15) is 0 Å². The molecule has 2 aromatic carbocycles. The van der Waals surface area contributed by atoms with Gasteiger partial charge in [0.1, 0.15) is 5.75 Å². The van der Waals surface area contributed by atoms with Gasteiger partial charge in [0.2, 0.25) is 5.75 Å². The molecule has 0 heterocycles. The maximum atomic E-state index is 10.9. The van der Waals surface area contributed by atoms with Crippen LogP contribution >= 0.6 is 11.6 Å². The molecule has 0 saturated carbocycles. The van der Waals surface area contributed by atoms with Gasteiger partial charge in [-0.3, -0.25) is 10.1 Å². The topological polar surface area (TPSA) is 72.6 Å². The zero-order chi connectivity index (χ0) is 14.7. The third-order valence-corrected chi connectivity index (χ3v) is 2.94. The van der Waals surface area contributed by atoms with Crippen molar-refractivity contribution in [3.8, 4) is 11.5 Å². The van der Waals surface area contributed by atoms with Gasteiger partial charge in [-0.15, -0.1) is 0 Å². The van der Waals surface area contributed by atoms with Crippen LogP contribution in [0.4, 0.5) is 5.69 Å². The smallest absolute Gasteiger partial charge is 0.311 e. The van der Waals surface area contributed by atoms with E-state index < -0.39 is 11.0 Å². The highest BCUT2D eigenvalue weighted by Crippen LogP contribution is 2.33. The lowest BCUT2D eigenvalue weighted by Crippen LogP contribution is -1.94. The van der Waals surface area contributed by atoms with Crippen LogP contribution < -0.4 is 4.74 Å². The fraction of sp³-hybridized carbons (Fsp3) is 0.143. The van der Waals surface area contributed by atoms with Gasteiger partial charge in [0.05, 0.1) is 11.0 Å². The molecule has 6 heteroatoms. The Hall–Kier alpha value is -2.11. The van der Waals surface area contributed by atoms with E-state index in [0.717, 1.165) is 5.56 Å². The Morgan fingerprint density at radius 3 is 2.45 bits per heavy atom. The van der Waals surface area contributed by atoms with Gasteiger partial charge < -0.3 is 9.84 Å². The van der Waals surface area contributed by atoms with Crippen LogP contribution in [0.3, 0.4) is 0 Å². The summed E-state index contributed by atoms with van der Waals surface area (Å²) >= 11 is 5.82. The first-order chi connectivity index (χ1) is 9.47. The van der Waals surface area contributed by atoms with Crippen LogP contribution in [-0.2, 0) is 0 Å². The van der Waals surface area contributed by atoms with E-state index in [1.54, 1.807) is 31.2 Å². The summed E-state index contributed by atoms with van der Waals surface area (Å²) in [5, 5.41) is 20.7. The lowest BCUT2D eigenvalue weighted by molar-refractivity contribution is -0.385. The first-order valence-corrected chi connectivity index (χ1v) is 6.25. The molecule has 0 aliphatic heterocycles. The summed E-state index contributed by atoms with van der Waals surface area (Å²) in [6.07, 6.45) is -0.579. The molecule has 1 atom stereocenters. The van der Waals surface area contributed by atoms with Crippen molar-refractivity contribution in [1.29, 1.82) is 0 Å². The molecule has 1 N–H and O–H groups in total. The maximum Gasteiger partial charge on any atom is 0.311 e. The molecule has 104 valence electrons. The Kier molecular flexibility index (Phi) is 4.22. The minimum Gasteiger partial charge on any atom is -0.450 e. The summed E-state index contributed by atoms with van der Waals surface area (Å²) in [6.45, 7) is 1.65. The Bertz CT molecular complexity index is 626. The van der Waals surface area contributed by atoms with Crippen LogP contribution in [0.1, 0.15) is 18.6 Å². The number of hydrogen-bond donors (Lipinski definition) is 1. The SMILES string of the molecule is C[C@@H](O)c1ccc(Oc2cc(Cl)ccc2[N+](=O)[O-])cc1. The van der Waals surface area contributed by atoms with Crippen LogP contribution in [0.25, 0.3) is 0 Å². The molecule has 0 spiro atoms. The van der Waals surface area contributed by atoms with E-state index in [-0.39, 0.29) is 11.4 Å². The summed E-state index contributed by atoms with van der Waals surface area (Å²) in [5.41, 5.74) is 0.576. The molecule has 0 aliphatic carbocycles. The lowest BCUT2D eigenvalue weighted by atomic mass is 10.1. The number of hydrogen-bond acceptors (Lipinski definition) is 4. The highest BCUT2D eigenvalue weighted by atomic mass is 35.5. The number of nitro groups is 1. The third-order valence-electron chi connectivity index (χ3n) is 2.71. The predicted octanol–water partition coefficient (Wildman–Crippen LogP) is 4.09. The number of nitro benzene ring substituents is 1. The molecule has 20 heavy (non-hydrogen) atoms. The molecule has 0 saturated heterocycles. The number of benzene rings is 2. The molecule has 0 fully saturated rings. The first-order valence-electron chi connectivity index (χ1n) is 5.87. The highest BCUT2D eigenvalue weighted by molar-refractivity contribution is 6.30. The predicted molar refractivity (Wildman–Crippen MR) is 75.3 cm³/mol. The molecule has 5 nitrogen and oxygen atoms in total. The van der Waals surface area contributed by atoms with Crippen LogP contribution in [0.2, 0.25) is 5.02 Å². The van der Waals surface area contributed by atoms with E-state index in [9.17, 15) is 15.2 Å². The molecule has 0 aromatic heterocycles. The zero-order valence-corrected chi connectivity index (χ0v) is 11.4. The minimum atomic E-state index is -0.579. The third kappa shape index (κ3) is 3.26. The Balaban J connectivity index is 2.29. The van der Waals surface area contributed by atoms with Crippen LogP contribution in [0, 0.1) is 10.1 Å². The van der Waals surface area contributed by atoms with Crippen molar-refractivity contribution in [2.24, 2.45) is 0 Å². The van der Waals surface area contributed by atoms with E-state index in [1.807, 2.05) is 0 Å². The van der Waals surface area contributed by atoms with Crippen molar-refractivity contribution in [1.82, 2.24) is 0 Å². The molecule has 0 unspecified atom stereocenters. The maximum absolute atomic E-state index is 10.9. The Morgan fingerprint density at radius 2 is 1.90 bits per heavy atom. The van der Waals surface area contributed by atoms with E-state index in [0.29, 0.717) is 10.8 Å². The largest absolute Gasteiger partial charge is 0.450 e. The van der Waals surface area contributed by atoms with Gasteiger partial charge in [-0.05, 0) is 30.7 Å². The Morgan fingerprint density at radius 1 is 1.25 bits per heavy atom. The lowest BCUT2D eigenvalue weighted by Gasteiger charge is -2.08. The van der Waals surface area contributed by atoms with Gasteiger partial charge in [-0.1, -0.05) is 23.7 Å². The van der Waals surface area contributed by atoms with Crippen molar-refractivity contribution in [3.63, 3.8) is 0 Å². The summed E-state index contributed by atoms with van der Waals surface area (Å²) in [4.78, 5) is 10.4.